The molecule has 7 heteroatoms. The van der Waals surface area contributed by atoms with E-state index in [1.54, 1.807) is 13.1 Å². The van der Waals surface area contributed by atoms with Gasteiger partial charge in [0.1, 0.15) is 17.8 Å². The quantitative estimate of drug-likeness (QED) is 0.733. The molecule has 1 aromatic carbocycles. The van der Waals surface area contributed by atoms with Gasteiger partial charge >= 0.3 is 0 Å². The highest BCUT2D eigenvalue weighted by Crippen LogP contribution is 2.21. The lowest BCUT2D eigenvalue weighted by Gasteiger charge is -2.02. The third kappa shape index (κ3) is 1.95. The van der Waals surface area contributed by atoms with E-state index in [-0.39, 0.29) is 16.8 Å². The Morgan fingerprint density at radius 2 is 2.21 bits per heavy atom. The van der Waals surface area contributed by atoms with Gasteiger partial charge in [-0.2, -0.15) is 0 Å². The highest BCUT2D eigenvalue weighted by molar-refractivity contribution is 7.71. The number of nitrogens with one attached hydrogen (secondary N) is 1. The number of fused-ring (bicyclic) bond motifs is 1. The van der Waals surface area contributed by atoms with Crippen LogP contribution in [0.1, 0.15) is 11.7 Å². The van der Waals surface area contributed by atoms with Crippen molar-refractivity contribution in [1.29, 1.82) is 0 Å². The second-order valence-corrected chi connectivity index (χ2v) is 4.53. The molecule has 98 valence electrons. The Morgan fingerprint density at radius 3 is 2.89 bits per heavy atom. The van der Waals surface area contributed by atoms with E-state index < -0.39 is 11.6 Å². The van der Waals surface area contributed by atoms with Gasteiger partial charge in [0.15, 0.2) is 16.4 Å². The van der Waals surface area contributed by atoms with Crippen LogP contribution in [-0.4, -0.2) is 14.5 Å². The molecule has 0 atom stereocenters. The van der Waals surface area contributed by atoms with Crippen LogP contribution in [0.5, 0.6) is 0 Å². The van der Waals surface area contributed by atoms with Crippen LogP contribution in [-0.2, 0) is 6.54 Å². The van der Waals surface area contributed by atoms with Crippen LogP contribution in [0.2, 0.25) is 0 Å². The lowest BCUT2D eigenvalue weighted by Crippen LogP contribution is -2.02. The van der Waals surface area contributed by atoms with Gasteiger partial charge in [-0.15, -0.1) is 0 Å². The summed E-state index contributed by atoms with van der Waals surface area (Å²) < 4.78 is 34.2. The van der Waals surface area contributed by atoms with E-state index in [1.165, 1.54) is 10.6 Å². The smallest absolute Gasteiger partial charge is 0.214 e. The summed E-state index contributed by atoms with van der Waals surface area (Å²) in [6, 6.07) is 2.50. The molecule has 0 spiro atoms. The van der Waals surface area contributed by atoms with Crippen molar-refractivity contribution in [3.05, 3.63) is 46.4 Å². The summed E-state index contributed by atoms with van der Waals surface area (Å²) in [7, 11) is 0. The summed E-state index contributed by atoms with van der Waals surface area (Å²) in [4.78, 5) is 6.85. The number of benzene rings is 1. The molecule has 19 heavy (non-hydrogen) atoms. The molecule has 0 amide bonds. The van der Waals surface area contributed by atoms with Crippen molar-refractivity contribution < 1.29 is 13.2 Å². The predicted molar refractivity (Wildman–Crippen MR) is 67.4 cm³/mol. The molecule has 3 aromatic rings. The van der Waals surface area contributed by atoms with E-state index in [1.807, 2.05) is 0 Å². The Morgan fingerprint density at radius 1 is 1.42 bits per heavy atom. The highest BCUT2D eigenvalue weighted by Gasteiger charge is 2.15. The van der Waals surface area contributed by atoms with E-state index in [0.717, 1.165) is 6.07 Å². The molecular weight excluding hydrogens is 272 g/mol. The van der Waals surface area contributed by atoms with Crippen molar-refractivity contribution in [3.63, 3.8) is 0 Å². The topological polar surface area (TPSA) is 46.8 Å². The SMILES string of the molecule is Cc1cnc(Cn2c(=S)[nH]c3ccc(F)c(F)c32)o1. The van der Waals surface area contributed by atoms with E-state index in [0.29, 0.717) is 17.2 Å². The summed E-state index contributed by atoms with van der Waals surface area (Å²) in [5.41, 5.74) is 0.521. The Bertz CT molecular complexity index is 818. The van der Waals surface area contributed by atoms with Crippen molar-refractivity contribution in [2.24, 2.45) is 0 Å². The minimum absolute atomic E-state index is 0.0841. The second-order valence-electron chi connectivity index (χ2n) is 4.14. The van der Waals surface area contributed by atoms with E-state index in [9.17, 15) is 8.78 Å². The Balaban J connectivity index is 2.20. The van der Waals surface area contributed by atoms with E-state index >= 15 is 0 Å². The largest absolute Gasteiger partial charge is 0.444 e. The van der Waals surface area contributed by atoms with Gasteiger partial charge in [0.2, 0.25) is 5.89 Å². The fourth-order valence-corrected chi connectivity index (χ4v) is 2.22. The average molecular weight is 281 g/mol. The first kappa shape index (κ1) is 12.0. The first-order valence-electron chi connectivity index (χ1n) is 5.54. The molecule has 2 heterocycles. The molecule has 0 aliphatic carbocycles. The number of hydrogen-bond acceptors (Lipinski definition) is 3. The van der Waals surface area contributed by atoms with Crippen LogP contribution < -0.4 is 0 Å². The Hall–Kier alpha value is -2.02. The summed E-state index contributed by atoms with van der Waals surface area (Å²) >= 11 is 5.11. The molecule has 0 fully saturated rings. The van der Waals surface area contributed by atoms with Crippen LogP contribution in [0.25, 0.3) is 11.0 Å². The fraction of sp³-hybridized carbons (Fsp3) is 0.167. The molecule has 4 nitrogen and oxygen atoms in total. The number of hydrogen-bond donors (Lipinski definition) is 1. The van der Waals surface area contributed by atoms with E-state index in [2.05, 4.69) is 9.97 Å². The fourth-order valence-electron chi connectivity index (χ4n) is 1.95. The molecule has 0 saturated heterocycles. The average Bonchev–Trinajstić information content (AvgIpc) is 2.90. The maximum absolute atomic E-state index is 13.9. The number of imidazole rings is 1. The number of aryl methyl sites for hydroxylation is 1. The van der Waals surface area contributed by atoms with Crippen LogP contribution in [0.4, 0.5) is 8.78 Å². The van der Waals surface area contributed by atoms with Gasteiger partial charge < -0.3 is 14.0 Å². The number of aromatic nitrogens is 3. The number of H-pyrrole nitrogens is 1. The molecule has 0 bridgehead atoms. The lowest BCUT2D eigenvalue weighted by atomic mass is 10.3. The molecule has 2 aromatic heterocycles. The van der Waals surface area contributed by atoms with Crippen molar-refractivity contribution >= 4 is 23.3 Å². The number of rotatable bonds is 2. The summed E-state index contributed by atoms with van der Waals surface area (Å²) in [6.07, 6.45) is 1.56. The first-order valence-corrected chi connectivity index (χ1v) is 5.95. The third-order valence-electron chi connectivity index (χ3n) is 2.79. The van der Waals surface area contributed by atoms with Gasteiger partial charge in [0, 0.05) is 0 Å². The van der Waals surface area contributed by atoms with Crippen molar-refractivity contribution in [3.8, 4) is 0 Å². The zero-order chi connectivity index (χ0) is 13.6. The molecule has 0 unspecified atom stereocenters. The van der Waals surface area contributed by atoms with Gasteiger partial charge in [-0.25, -0.2) is 13.8 Å². The van der Waals surface area contributed by atoms with Crippen LogP contribution >= 0.6 is 12.2 Å². The van der Waals surface area contributed by atoms with Crippen molar-refractivity contribution in [2.75, 3.05) is 0 Å². The Labute approximate surface area is 111 Å². The molecule has 0 aliphatic heterocycles. The monoisotopic (exact) mass is 281 g/mol. The second kappa shape index (κ2) is 4.27. The molecular formula is C12H9F2N3OS. The van der Waals surface area contributed by atoms with Gasteiger partial charge in [-0.1, -0.05) is 0 Å². The molecule has 0 radical (unpaired) electrons. The molecule has 0 saturated carbocycles. The Kier molecular flexibility index (Phi) is 2.70. The predicted octanol–water partition coefficient (Wildman–Crippen LogP) is 3.32. The molecule has 1 N–H and O–H groups in total. The zero-order valence-electron chi connectivity index (χ0n) is 9.91. The van der Waals surface area contributed by atoms with Crippen molar-refractivity contribution in [1.82, 2.24) is 14.5 Å². The van der Waals surface area contributed by atoms with Crippen molar-refractivity contribution in [2.45, 2.75) is 13.5 Å². The highest BCUT2D eigenvalue weighted by atomic mass is 32.1. The van der Waals surface area contributed by atoms with Crippen LogP contribution in [0.15, 0.2) is 22.7 Å². The summed E-state index contributed by atoms with van der Waals surface area (Å²) in [5.74, 6) is -0.821. The minimum Gasteiger partial charge on any atom is -0.444 e. The molecule has 0 aliphatic rings. The van der Waals surface area contributed by atoms with Crippen LogP contribution in [0, 0.1) is 23.3 Å². The zero-order valence-corrected chi connectivity index (χ0v) is 10.7. The van der Waals surface area contributed by atoms with E-state index in [4.69, 9.17) is 16.6 Å². The number of aromatic amines is 1. The van der Waals surface area contributed by atoms with Gasteiger partial charge in [0.05, 0.1) is 11.7 Å². The van der Waals surface area contributed by atoms with Gasteiger partial charge in [-0.05, 0) is 31.3 Å². The third-order valence-corrected chi connectivity index (χ3v) is 3.11. The number of halogens is 2. The minimum atomic E-state index is -0.937. The maximum atomic E-state index is 13.9. The maximum Gasteiger partial charge on any atom is 0.214 e. The first-order chi connectivity index (χ1) is 9.06. The van der Waals surface area contributed by atoms with Gasteiger partial charge in [0.25, 0.3) is 0 Å². The molecule has 3 rings (SSSR count). The summed E-state index contributed by atoms with van der Waals surface area (Å²) in [6.45, 7) is 1.90. The summed E-state index contributed by atoms with van der Waals surface area (Å²) in [5, 5.41) is 0. The normalized spacial score (nSPS) is 11.3. The number of oxazole rings is 1. The standard InChI is InChI=1S/C12H9F2N3OS/c1-6-4-15-9(18-6)5-17-11-8(16-12(17)19)3-2-7(13)10(11)14/h2-4H,5H2,1H3,(H,16,19). The van der Waals surface area contributed by atoms with Crippen LogP contribution in [0.3, 0.4) is 0 Å². The number of nitrogens with zero attached hydrogens (tertiary/aromatic N) is 2. The van der Waals surface area contributed by atoms with Gasteiger partial charge in [-0.3, -0.25) is 0 Å². The lowest BCUT2D eigenvalue weighted by molar-refractivity contribution is 0.456.